The Kier molecular flexibility index (Phi) is 4.29. The van der Waals surface area contributed by atoms with Gasteiger partial charge >= 0.3 is 0 Å². The van der Waals surface area contributed by atoms with Crippen LogP contribution in [0.2, 0.25) is 0 Å². The van der Waals surface area contributed by atoms with Gasteiger partial charge in [0.1, 0.15) is 5.75 Å². The summed E-state index contributed by atoms with van der Waals surface area (Å²) in [6.07, 6.45) is 2.17. The predicted octanol–water partition coefficient (Wildman–Crippen LogP) is 3.97. The highest BCUT2D eigenvalue weighted by atomic mass is 16.5. The zero-order valence-corrected chi connectivity index (χ0v) is 11.4. The van der Waals surface area contributed by atoms with Gasteiger partial charge < -0.3 is 15.8 Å². The van der Waals surface area contributed by atoms with Crippen LogP contribution in [0.25, 0.3) is 0 Å². The number of nitrogens with one attached hydrogen (secondary N) is 1. The number of ether oxygens (including phenoxy) is 1. The summed E-state index contributed by atoms with van der Waals surface area (Å²) in [5, 5.41) is 3.40. The number of anilines is 3. The van der Waals surface area contributed by atoms with Crippen LogP contribution in [0.15, 0.2) is 42.5 Å². The molecule has 0 aliphatic carbocycles. The zero-order valence-electron chi connectivity index (χ0n) is 11.4. The molecule has 0 bridgehead atoms. The van der Waals surface area contributed by atoms with Gasteiger partial charge in [-0.1, -0.05) is 37.6 Å². The molecule has 3 heteroatoms. The van der Waals surface area contributed by atoms with Gasteiger partial charge in [-0.15, -0.1) is 0 Å². The predicted molar refractivity (Wildman–Crippen MR) is 81.1 cm³/mol. The number of methoxy groups -OCH3 is 1. The molecule has 0 heterocycles. The molecule has 0 atom stereocenters. The Morgan fingerprint density at radius 1 is 1.05 bits per heavy atom. The molecule has 0 unspecified atom stereocenters. The first-order valence-corrected chi connectivity index (χ1v) is 6.53. The maximum Gasteiger partial charge on any atom is 0.143 e. The third-order valence-electron chi connectivity index (χ3n) is 3.09. The fourth-order valence-corrected chi connectivity index (χ4v) is 2.11. The molecule has 3 nitrogen and oxygen atoms in total. The SMILES string of the molecule is CCCc1ccccc1Nc1cccc(OC)c1N. The second kappa shape index (κ2) is 6.14. The Morgan fingerprint density at radius 3 is 2.53 bits per heavy atom. The lowest BCUT2D eigenvalue weighted by Crippen LogP contribution is -2.01. The summed E-state index contributed by atoms with van der Waals surface area (Å²) in [6, 6.07) is 14.0. The van der Waals surface area contributed by atoms with Gasteiger partial charge in [-0.3, -0.25) is 0 Å². The summed E-state index contributed by atoms with van der Waals surface area (Å²) >= 11 is 0. The van der Waals surface area contributed by atoms with Crippen molar-refractivity contribution in [2.45, 2.75) is 19.8 Å². The average molecular weight is 256 g/mol. The molecule has 19 heavy (non-hydrogen) atoms. The molecule has 0 amide bonds. The summed E-state index contributed by atoms with van der Waals surface area (Å²) in [7, 11) is 1.63. The minimum absolute atomic E-state index is 0.635. The van der Waals surface area contributed by atoms with E-state index in [4.69, 9.17) is 10.5 Å². The molecule has 2 aromatic rings. The van der Waals surface area contributed by atoms with E-state index < -0.39 is 0 Å². The van der Waals surface area contributed by atoms with E-state index in [2.05, 4.69) is 30.4 Å². The molecular formula is C16H20N2O. The van der Waals surface area contributed by atoms with Gasteiger partial charge in [0, 0.05) is 5.69 Å². The van der Waals surface area contributed by atoms with Crippen LogP contribution in [-0.4, -0.2) is 7.11 Å². The molecule has 0 radical (unpaired) electrons. The van der Waals surface area contributed by atoms with Crippen molar-refractivity contribution < 1.29 is 4.74 Å². The van der Waals surface area contributed by atoms with Gasteiger partial charge in [0.05, 0.1) is 18.5 Å². The largest absolute Gasteiger partial charge is 0.495 e. The first-order chi connectivity index (χ1) is 9.26. The number of para-hydroxylation sites is 2. The van der Waals surface area contributed by atoms with Crippen molar-refractivity contribution in [2.75, 3.05) is 18.2 Å². The quantitative estimate of drug-likeness (QED) is 0.796. The van der Waals surface area contributed by atoms with Gasteiger partial charge in [0.2, 0.25) is 0 Å². The Morgan fingerprint density at radius 2 is 1.79 bits per heavy atom. The molecule has 0 saturated carbocycles. The van der Waals surface area contributed by atoms with Crippen molar-refractivity contribution in [3.05, 3.63) is 48.0 Å². The summed E-state index contributed by atoms with van der Waals surface area (Å²) in [5.41, 5.74) is 9.99. The van der Waals surface area contributed by atoms with Crippen LogP contribution in [0.5, 0.6) is 5.75 Å². The van der Waals surface area contributed by atoms with Crippen molar-refractivity contribution in [3.8, 4) is 5.75 Å². The molecule has 0 aromatic heterocycles. The van der Waals surface area contributed by atoms with Crippen molar-refractivity contribution in [1.82, 2.24) is 0 Å². The van der Waals surface area contributed by atoms with Gasteiger partial charge in [-0.05, 0) is 30.2 Å². The number of aryl methyl sites for hydroxylation is 1. The van der Waals surface area contributed by atoms with Crippen LogP contribution in [0.4, 0.5) is 17.1 Å². The van der Waals surface area contributed by atoms with E-state index in [9.17, 15) is 0 Å². The Labute approximate surface area is 114 Å². The lowest BCUT2D eigenvalue weighted by atomic mass is 10.1. The first kappa shape index (κ1) is 13.3. The van der Waals surface area contributed by atoms with Crippen molar-refractivity contribution in [2.24, 2.45) is 0 Å². The van der Waals surface area contributed by atoms with Gasteiger partial charge in [-0.2, -0.15) is 0 Å². The van der Waals surface area contributed by atoms with Crippen LogP contribution in [-0.2, 0) is 6.42 Å². The highest BCUT2D eigenvalue weighted by Gasteiger charge is 2.07. The second-order valence-electron chi connectivity index (χ2n) is 4.45. The highest BCUT2D eigenvalue weighted by molar-refractivity contribution is 5.78. The van der Waals surface area contributed by atoms with Crippen LogP contribution in [0.3, 0.4) is 0 Å². The molecule has 0 spiro atoms. The summed E-state index contributed by atoms with van der Waals surface area (Å²) in [5.74, 6) is 0.693. The zero-order chi connectivity index (χ0) is 13.7. The summed E-state index contributed by atoms with van der Waals surface area (Å²) < 4.78 is 5.24. The monoisotopic (exact) mass is 256 g/mol. The summed E-state index contributed by atoms with van der Waals surface area (Å²) in [6.45, 7) is 2.18. The van der Waals surface area contributed by atoms with Crippen LogP contribution >= 0.6 is 0 Å². The third kappa shape index (κ3) is 2.99. The number of hydrogen-bond donors (Lipinski definition) is 2. The van der Waals surface area contributed by atoms with Crippen molar-refractivity contribution >= 4 is 17.1 Å². The molecule has 0 aliphatic rings. The maximum atomic E-state index is 6.08. The number of nitrogens with two attached hydrogens (primary N) is 1. The van der Waals surface area contributed by atoms with Gasteiger partial charge in [0.15, 0.2) is 0 Å². The fraction of sp³-hybridized carbons (Fsp3) is 0.250. The topological polar surface area (TPSA) is 47.3 Å². The van der Waals surface area contributed by atoms with E-state index in [1.54, 1.807) is 7.11 Å². The smallest absolute Gasteiger partial charge is 0.143 e. The van der Waals surface area contributed by atoms with E-state index >= 15 is 0 Å². The Hall–Kier alpha value is -2.16. The number of nitrogen functional groups attached to an aromatic ring is 1. The Balaban J connectivity index is 2.31. The number of hydrogen-bond acceptors (Lipinski definition) is 3. The molecule has 0 fully saturated rings. The van der Waals surface area contributed by atoms with Gasteiger partial charge in [-0.25, -0.2) is 0 Å². The number of benzene rings is 2. The van der Waals surface area contributed by atoms with E-state index in [1.807, 2.05) is 24.3 Å². The molecule has 100 valence electrons. The highest BCUT2D eigenvalue weighted by Crippen LogP contribution is 2.32. The lowest BCUT2D eigenvalue weighted by molar-refractivity contribution is 0.417. The van der Waals surface area contributed by atoms with Gasteiger partial charge in [0.25, 0.3) is 0 Å². The lowest BCUT2D eigenvalue weighted by Gasteiger charge is -2.15. The fourth-order valence-electron chi connectivity index (χ4n) is 2.11. The normalized spacial score (nSPS) is 10.2. The molecule has 3 N–H and O–H groups in total. The van der Waals surface area contributed by atoms with Crippen molar-refractivity contribution in [1.29, 1.82) is 0 Å². The molecule has 0 saturated heterocycles. The third-order valence-corrected chi connectivity index (χ3v) is 3.09. The minimum Gasteiger partial charge on any atom is -0.495 e. The first-order valence-electron chi connectivity index (χ1n) is 6.53. The number of rotatable bonds is 5. The molecular weight excluding hydrogens is 236 g/mol. The van der Waals surface area contributed by atoms with E-state index in [0.717, 1.165) is 24.2 Å². The van der Waals surface area contributed by atoms with Crippen LogP contribution in [0, 0.1) is 0 Å². The van der Waals surface area contributed by atoms with E-state index in [-0.39, 0.29) is 0 Å². The maximum absolute atomic E-state index is 6.08. The van der Waals surface area contributed by atoms with Crippen molar-refractivity contribution in [3.63, 3.8) is 0 Å². The molecule has 2 aromatic carbocycles. The van der Waals surface area contributed by atoms with Crippen LogP contribution in [0.1, 0.15) is 18.9 Å². The summed E-state index contributed by atoms with van der Waals surface area (Å²) in [4.78, 5) is 0. The van der Waals surface area contributed by atoms with Crippen LogP contribution < -0.4 is 15.8 Å². The minimum atomic E-state index is 0.635. The standard InChI is InChI=1S/C16H20N2O/c1-3-7-12-8-4-5-9-13(12)18-14-10-6-11-15(19-2)16(14)17/h4-6,8-11,18H,3,7,17H2,1-2H3. The second-order valence-corrected chi connectivity index (χ2v) is 4.45. The average Bonchev–Trinajstić information content (AvgIpc) is 2.43. The van der Waals surface area contributed by atoms with E-state index in [1.165, 1.54) is 5.56 Å². The molecule has 0 aliphatic heterocycles. The Bertz CT molecular complexity index is 552. The molecule has 2 rings (SSSR count). The van der Waals surface area contributed by atoms with E-state index in [0.29, 0.717) is 11.4 Å².